The summed E-state index contributed by atoms with van der Waals surface area (Å²) in [7, 11) is 0. The molecule has 4 nitrogen and oxygen atoms in total. The van der Waals surface area contributed by atoms with Crippen LogP contribution in [0.3, 0.4) is 0 Å². The van der Waals surface area contributed by atoms with Crippen LogP contribution in [0.15, 0.2) is 36.5 Å². The number of hydrogen-bond acceptors (Lipinski definition) is 4. The van der Waals surface area contributed by atoms with E-state index in [2.05, 4.69) is 10.1 Å². The van der Waals surface area contributed by atoms with Gasteiger partial charge in [0.05, 0.1) is 11.9 Å². The Balaban J connectivity index is 0.00000120. The van der Waals surface area contributed by atoms with Crippen molar-refractivity contribution >= 4 is 28.7 Å². The molecule has 3 rings (SSSR count). The molecule has 2 aromatic heterocycles. The lowest BCUT2D eigenvalue weighted by atomic mass is 10.2. The Morgan fingerprint density at radius 2 is 2.00 bits per heavy atom. The third-order valence-electron chi connectivity index (χ3n) is 2.51. The summed E-state index contributed by atoms with van der Waals surface area (Å²) < 4.78 is 1.83. The van der Waals surface area contributed by atoms with E-state index in [-0.39, 0.29) is 12.4 Å². The molecule has 18 heavy (non-hydrogen) atoms. The number of aromatic nitrogens is 3. The van der Waals surface area contributed by atoms with Gasteiger partial charge in [-0.1, -0.05) is 41.7 Å². The molecule has 0 aliphatic carbocycles. The normalized spacial score (nSPS) is 10.5. The van der Waals surface area contributed by atoms with Gasteiger partial charge in [-0.3, -0.25) is 0 Å². The number of imidazole rings is 1. The zero-order valence-corrected chi connectivity index (χ0v) is 11.2. The van der Waals surface area contributed by atoms with Crippen LogP contribution in [0, 0.1) is 0 Å². The molecule has 0 radical (unpaired) electrons. The van der Waals surface area contributed by atoms with Crippen molar-refractivity contribution < 1.29 is 0 Å². The topological polar surface area (TPSA) is 56.2 Å². The van der Waals surface area contributed by atoms with Crippen molar-refractivity contribution in [1.29, 1.82) is 0 Å². The zero-order chi connectivity index (χ0) is 11.7. The van der Waals surface area contributed by atoms with Crippen molar-refractivity contribution in [2.24, 2.45) is 5.73 Å². The lowest BCUT2D eigenvalue weighted by Crippen LogP contribution is -2.02. The molecule has 0 unspecified atom stereocenters. The number of rotatable bonds is 3. The van der Waals surface area contributed by atoms with E-state index in [9.17, 15) is 0 Å². The molecule has 0 fully saturated rings. The maximum Gasteiger partial charge on any atom is 0.212 e. The van der Waals surface area contributed by atoms with E-state index in [4.69, 9.17) is 5.73 Å². The predicted molar refractivity (Wildman–Crippen MR) is 76.3 cm³/mol. The summed E-state index contributed by atoms with van der Waals surface area (Å²) in [5, 5.41) is 5.48. The average Bonchev–Trinajstić information content (AvgIpc) is 2.88. The van der Waals surface area contributed by atoms with Crippen molar-refractivity contribution in [3.8, 4) is 11.3 Å². The quantitative estimate of drug-likeness (QED) is 0.801. The van der Waals surface area contributed by atoms with E-state index < -0.39 is 0 Å². The van der Waals surface area contributed by atoms with E-state index in [0.29, 0.717) is 6.54 Å². The molecular weight excluding hydrogens is 268 g/mol. The van der Waals surface area contributed by atoms with E-state index in [1.165, 1.54) is 0 Å². The van der Waals surface area contributed by atoms with Gasteiger partial charge >= 0.3 is 0 Å². The van der Waals surface area contributed by atoms with Gasteiger partial charge in [0.25, 0.3) is 0 Å². The van der Waals surface area contributed by atoms with Gasteiger partial charge in [0, 0.05) is 12.0 Å². The molecule has 2 N–H and O–H groups in total. The Morgan fingerprint density at radius 3 is 2.67 bits per heavy atom. The standard InChI is InChI=1S/C12H12N4S.ClH/c13-7-6-11-15-16-8-10(14-12(16)17-11)9-4-2-1-3-5-9;/h1-5,8H,6-7,13H2;1H. The molecule has 0 aliphatic rings. The summed E-state index contributed by atoms with van der Waals surface area (Å²) in [6, 6.07) is 10.1. The van der Waals surface area contributed by atoms with E-state index in [1.54, 1.807) is 11.3 Å². The fourth-order valence-corrected chi connectivity index (χ4v) is 2.60. The first kappa shape index (κ1) is 13.0. The molecule has 1 aromatic carbocycles. The van der Waals surface area contributed by atoms with E-state index in [1.807, 2.05) is 41.0 Å². The molecule has 0 amide bonds. The molecule has 2 heterocycles. The SMILES string of the molecule is Cl.NCCc1nn2cc(-c3ccccc3)nc2s1. The van der Waals surface area contributed by atoms with Gasteiger partial charge in [-0.25, -0.2) is 9.50 Å². The average molecular weight is 281 g/mol. The Labute approximate surface area is 115 Å². The predicted octanol–water partition coefficient (Wildman–Crippen LogP) is 2.38. The zero-order valence-electron chi connectivity index (χ0n) is 9.61. The third kappa shape index (κ3) is 2.38. The number of fused-ring (bicyclic) bond motifs is 1. The second-order valence-corrected chi connectivity index (χ2v) is 4.79. The summed E-state index contributed by atoms with van der Waals surface area (Å²) in [4.78, 5) is 5.49. The smallest absolute Gasteiger partial charge is 0.212 e. The Morgan fingerprint density at radius 1 is 1.22 bits per heavy atom. The number of halogens is 1. The van der Waals surface area contributed by atoms with Crippen molar-refractivity contribution in [3.05, 3.63) is 41.5 Å². The summed E-state index contributed by atoms with van der Waals surface area (Å²) in [5.74, 6) is 0. The van der Waals surface area contributed by atoms with Gasteiger partial charge in [-0.2, -0.15) is 5.10 Å². The highest BCUT2D eigenvalue weighted by atomic mass is 35.5. The van der Waals surface area contributed by atoms with Crippen LogP contribution in [0.1, 0.15) is 5.01 Å². The van der Waals surface area contributed by atoms with Gasteiger partial charge < -0.3 is 5.73 Å². The largest absolute Gasteiger partial charge is 0.330 e. The van der Waals surface area contributed by atoms with E-state index in [0.717, 1.165) is 27.6 Å². The van der Waals surface area contributed by atoms with Gasteiger partial charge in [-0.15, -0.1) is 12.4 Å². The number of hydrogen-bond donors (Lipinski definition) is 1. The molecule has 0 aliphatic heterocycles. The van der Waals surface area contributed by atoms with Crippen molar-refractivity contribution in [1.82, 2.24) is 14.6 Å². The van der Waals surface area contributed by atoms with Crippen LogP contribution in [0.4, 0.5) is 0 Å². The van der Waals surface area contributed by atoms with Crippen molar-refractivity contribution in [2.45, 2.75) is 6.42 Å². The van der Waals surface area contributed by atoms with Crippen LogP contribution >= 0.6 is 23.7 Å². The van der Waals surface area contributed by atoms with Crippen LogP contribution in [0.5, 0.6) is 0 Å². The lowest BCUT2D eigenvalue weighted by Gasteiger charge is -1.93. The van der Waals surface area contributed by atoms with Gasteiger partial charge in [0.2, 0.25) is 4.96 Å². The highest BCUT2D eigenvalue weighted by Crippen LogP contribution is 2.21. The first-order valence-corrected chi connectivity index (χ1v) is 6.29. The Hall–Kier alpha value is -1.43. The molecule has 94 valence electrons. The second kappa shape index (κ2) is 5.48. The Bertz CT molecular complexity index is 600. The van der Waals surface area contributed by atoms with Gasteiger partial charge in [0.15, 0.2) is 0 Å². The minimum absolute atomic E-state index is 0. The minimum atomic E-state index is 0. The van der Waals surface area contributed by atoms with Crippen LogP contribution in [-0.4, -0.2) is 21.1 Å². The molecule has 0 saturated heterocycles. The van der Waals surface area contributed by atoms with Crippen LogP contribution in [0.25, 0.3) is 16.2 Å². The fourth-order valence-electron chi connectivity index (χ4n) is 1.71. The maximum atomic E-state index is 5.51. The first-order chi connectivity index (χ1) is 8.36. The van der Waals surface area contributed by atoms with Crippen LogP contribution < -0.4 is 5.73 Å². The summed E-state index contributed by atoms with van der Waals surface area (Å²) in [6.45, 7) is 0.627. The molecular formula is C12H13ClN4S. The summed E-state index contributed by atoms with van der Waals surface area (Å²) >= 11 is 1.60. The van der Waals surface area contributed by atoms with Crippen LogP contribution in [0.2, 0.25) is 0 Å². The highest BCUT2D eigenvalue weighted by molar-refractivity contribution is 7.16. The molecule has 0 bridgehead atoms. The molecule has 0 atom stereocenters. The number of nitrogens with two attached hydrogens (primary N) is 1. The lowest BCUT2D eigenvalue weighted by molar-refractivity contribution is 0.873. The second-order valence-electron chi connectivity index (χ2n) is 3.75. The number of nitrogens with zero attached hydrogens (tertiary/aromatic N) is 3. The minimum Gasteiger partial charge on any atom is -0.330 e. The summed E-state index contributed by atoms with van der Waals surface area (Å²) in [5.41, 5.74) is 7.59. The third-order valence-corrected chi connectivity index (χ3v) is 3.50. The fraction of sp³-hybridized carbons (Fsp3) is 0.167. The molecule has 3 aromatic rings. The van der Waals surface area contributed by atoms with E-state index >= 15 is 0 Å². The monoisotopic (exact) mass is 280 g/mol. The van der Waals surface area contributed by atoms with Crippen molar-refractivity contribution in [2.75, 3.05) is 6.54 Å². The van der Waals surface area contributed by atoms with Crippen LogP contribution in [-0.2, 0) is 6.42 Å². The molecule has 0 spiro atoms. The number of benzene rings is 1. The summed E-state index contributed by atoms with van der Waals surface area (Å²) in [6.07, 6.45) is 2.77. The van der Waals surface area contributed by atoms with Gasteiger partial charge in [-0.05, 0) is 6.54 Å². The first-order valence-electron chi connectivity index (χ1n) is 5.47. The Kier molecular flexibility index (Phi) is 3.96. The maximum absolute atomic E-state index is 5.51. The van der Waals surface area contributed by atoms with Gasteiger partial charge in [0.1, 0.15) is 5.01 Å². The highest BCUT2D eigenvalue weighted by Gasteiger charge is 2.08. The van der Waals surface area contributed by atoms with Crippen molar-refractivity contribution in [3.63, 3.8) is 0 Å². The molecule has 0 saturated carbocycles. The molecule has 6 heteroatoms.